The summed E-state index contributed by atoms with van der Waals surface area (Å²) in [7, 11) is 1.52. The highest BCUT2D eigenvalue weighted by Crippen LogP contribution is 2.44. The third-order valence-corrected chi connectivity index (χ3v) is 6.94. The highest BCUT2D eigenvalue weighted by Gasteiger charge is 2.48. The van der Waals surface area contributed by atoms with E-state index in [-0.39, 0.29) is 22.2 Å². The second-order valence-corrected chi connectivity index (χ2v) is 9.01. The van der Waals surface area contributed by atoms with Gasteiger partial charge < -0.3 is 14.6 Å². The zero-order valence-corrected chi connectivity index (χ0v) is 20.8. The molecule has 0 bridgehead atoms. The van der Waals surface area contributed by atoms with E-state index in [2.05, 4.69) is 11.6 Å². The number of aliphatic hydroxyl groups excluding tert-OH is 1. The third-order valence-electron chi connectivity index (χ3n) is 5.68. The van der Waals surface area contributed by atoms with Crippen LogP contribution in [0.1, 0.15) is 39.5 Å². The fourth-order valence-electron chi connectivity index (χ4n) is 3.96. The molecule has 4 rings (SSSR count). The molecular weight excluding hydrogens is 480 g/mol. The fraction of sp³-hybridized carbons (Fsp3) is 0.185. The van der Waals surface area contributed by atoms with Gasteiger partial charge in [-0.3, -0.25) is 19.3 Å². The molecule has 1 aliphatic rings. The minimum absolute atomic E-state index is 0.0813. The van der Waals surface area contributed by atoms with Crippen LogP contribution in [0, 0.1) is 6.92 Å². The highest BCUT2D eigenvalue weighted by atomic mass is 32.1. The van der Waals surface area contributed by atoms with E-state index >= 15 is 0 Å². The summed E-state index contributed by atoms with van der Waals surface area (Å²) in [6.45, 7) is 7.04. The first-order chi connectivity index (χ1) is 17.3. The Morgan fingerprint density at radius 1 is 1.14 bits per heavy atom. The van der Waals surface area contributed by atoms with Gasteiger partial charge in [-0.15, -0.1) is 0 Å². The van der Waals surface area contributed by atoms with Gasteiger partial charge in [-0.1, -0.05) is 36.1 Å². The molecule has 36 heavy (non-hydrogen) atoms. The second kappa shape index (κ2) is 10.2. The number of carbonyl (C=O) groups is 3. The molecule has 3 aromatic rings. The molecule has 1 unspecified atom stereocenters. The first-order valence-electron chi connectivity index (χ1n) is 11.0. The molecule has 1 aliphatic heterocycles. The second-order valence-electron chi connectivity index (χ2n) is 8.03. The van der Waals surface area contributed by atoms with Crippen molar-refractivity contribution < 1.29 is 29.0 Å². The van der Waals surface area contributed by atoms with E-state index in [0.717, 1.165) is 11.3 Å². The van der Waals surface area contributed by atoms with Crippen LogP contribution in [0.15, 0.2) is 66.8 Å². The van der Waals surface area contributed by atoms with E-state index in [1.807, 2.05) is 0 Å². The van der Waals surface area contributed by atoms with E-state index in [9.17, 15) is 19.5 Å². The lowest BCUT2D eigenvalue weighted by atomic mass is 9.95. The molecule has 1 N–H and O–H groups in total. The maximum atomic E-state index is 13.3. The molecule has 0 spiro atoms. The number of amides is 1. The molecule has 2 aromatic carbocycles. The predicted octanol–water partition coefficient (Wildman–Crippen LogP) is 4.85. The van der Waals surface area contributed by atoms with Gasteiger partial charge in [0.25, 0.3) is 5.78 Å². The number of ether oxygens (including phenoxy) is 2. The average Bonchev–Trinajstić information content (AvgIpc) is 3.39. The van der Waals surface area contributed by atoms with Gasteiger partial charge in [0.05, 0.1) is 29.3 Å². The normalized spacial score (nSPS) is 16.8. The minimum atomic E-state index is -0.967. The van der Waals surface area contributed by atoms with Crippen molar-refractivity contribution in [3.63, 3.8) is 0 Å². The van der Waals surface area contributed by atoms with Crippen molar-refractivity contribution in [3.8, 4) is 11.5 Å². The maximum Gasteiger partial charge on any atom is 0.301 e. The van der Waals surface area contributed by atoms with Gasteiger partial charge in [0.2, 0.25) is 0 Å². The summed E-state index contributed by atoms with van der Waals surface area (Å²) >= 11 is 1.03. The zero-order valence-electron chi connectivity index (χ0n) is 20.0. The number of aliphatic hydroxyl groups is 1. The Bertz CT molecular complexity index is 1370. The summed E-state index contributed by atoms with van der Waals surface area (Å²) in [4.78, 5) is 44.7. The number of ketones is 2. The molecule has 2 heterocycles. The Hall–Kier alpha value is -4.24. The van der Waals surface area contributed by atoms with Crippen molar-refractivity contribution in [2.75, 3.05) is 18.6 Å². The van der Waals surface area contributed by atoms with Crippen molar-refractivity contribution >= 4 is 39.7 Å². The SMILES string of the molecule is C=CCOc1ccc(C2C(=C(O)c3ccc(OC)cc3)C(=O)C(=O)N2c2nc(C)c(C(C)=O)s2)cc1. The van der Waals surface area contributed by atoms with Crippen LogP contribution in [0.25, 0.3) is 5.76 Å². The van der Waals surface area contributed by atoms with Crippen LogP contribution in [-0.2, 0) is 9.59 Å². The quantitative estimate of drug-likeness (QED) is 0.154. The molecule has 0 radical (unpaired) electrons. The first-order valence-corrected chi connectivity index (χ1v) is 11.9. The highest BCUT2D eigenvalue weighted by molar-refractivity contribution is 7.18. The molecule has 1 aromatic heterocycles. The lowest BCUT2D eigenvalue weighted by Crippen LogP contribution is -2.29. The number of carbonyl (C=O) groups excluding carboxylic acids is 3. The summed E-state index contributed by atoms with van der Waals surface area (Å²) in [5, 5.41) is 11.4. The maximum absolute atomic E-state index is 13.3. The molecule has 1 saturated heterocycles. The molecule has 1 fully saturated rings. The Labute approximate surface area is 212 Å². The van der Waals surface area contributed by atoms with Crippen LogP contribution in [0.5, 0.6) is 11.5 Å². The summed E-state index contributed by atoms with van der Waals surface area (Å²) in [5.74, 6) is -1.05. The molecule has 9 heteroatoms. The summed E-state index contributed by atoms with van der Waals surface area (Å²) in [5.41, 5.74) is 1.30. The van der Waals surface area contributed by atoms with Gasteiger partial charge in [-0.05, 0) is 48.9 Å². The van der Waals surface area contributed by atoms with Crippen molar-refractivity contribution in [1.29, 1.82) is 0 Å². The third kappa shape index (κ3) is 4.52. The molecule has 1 atom stereocenters. The number of hydrogen-bond donors (Lipinski definition) is 1. The lowest BCUT2D eigenvalue weighted by molar-refractivity contribution is -0.132. The average molecular weight is 505 g/mol. The van der Waals surface area contributed by atoms with E-state index in [4.69, 9.17) is 9.47 Å². The number of Topliss-reactive ketones (excluding diaryl/α,β-unsaturated/α-hetero) is 2. The van der Waals surface area contributed by atoms with Crippen molar-refractivity contribution in [1.82, 2.24) is 4.98 Å². The number of aromatic nitrogens is 1. The molecule has 0 aliphatic carbocycles. The Balaban J connectivity index is 1.88. The lowest BCUT2D eigenvalue weighted by Gasteiger charge is -2.23. The largest absolute Gasteiger partial charge is 0.507 e. The van der Waals surface area contributed by atoms with Crippen LogP contribution in [0.3, 0.4) is 0 Å². The van der Waals surface area contributed by atoms with E-state index in [1.54, 1.807) is 61.5 Å². The number of benzene rings is 2. The Kier molecular flexibility index (Phi) is 7.03. The van der Waals surface area contributed by atoms with E-state index in [1.165, 1.54) is 18.9 Å². The Morgan fingerprint density at radius 2 is 1.78 bits per heavy atom. The van der Waals surface area contributed by atoms with Crippen LogP contribution < -0.4 is 14.4 Å². The van der Waals surface area contributed by atoms with Crippen LogP contribution in [0.4, 0.5) is 5.13 Å². The van der Waals surface area contributed by atoms with Crippen LogP contribution in [-0.4, -0.2) is 41.3 Å². The van der Waals surface area contributed by atoms with Gasteiger partial charge in [-0.25, -0.2) is 4.98 Å². The Morgan fingerprint density at radius 3 is 2.33 bits per heavy atom. The van der Waals surface area contributed by atoms with Crippen molar-refractivity contribution in [2.45, 2.75) is 19.9 Å². The molecule has 8 nitrogen and oxygen atoms in total. The predicted molar refractivity (Wildman–Crippen MR) is 137 cm³/mol. The van der Waals surface area contributed by atoms with Gasteiger partial charge in [-0.2, -0.15) is 0 Å². The molecule has 184 valence electrons. The molecular formula is C27H24N2O6S. The number of nitrogens with zero attached hydrogens (tertiary/aromatic N) is 2. The number of aryl methyl sites for hydroxylation is 1. The van der Waals surface area contributed by atoms with Crippen molar-refractivity contribution in [2.24, 2.45) is 0 Å². The van der Waals surface area contributed by atoms with Gasteiger partial charge in [0, 0.05) is 12.5 Å². The first kappa shape index (κ1) is 24.9. The number of anilines is 1. The summed E-state index contributed by atoms with van der Waals surface area (Å²) in [6, 6.07) is 12.4. The number of thiazole rings is 1. The zero-order chi connectivity index (χ0) is 26.0. The fourth-order valence-corrected chi connectivity index (χ4v) is 4.95. The number of rotatable bonds is 8. The topological polar surface area (TPSA) is 106 Å². The van der Waals surface area contributed by atoms with Gasteiger partial charge >= 0.3 is 5.91 Å². The van der Waals surface area contributed by atoms with Crippen LogP contribution >= 0.6 is 11.3 Å². The van der Waals surface area contributed by atoms with Crippen molar-refractivity contribution in [3.05, 3.63) is 88.5 Å². The smallest absolute Gasteiger partial charge is 0.301 e. The van der Waals surface area contributed by atoms with Gasteiger partial charge in [0.1, 0.15) is 23.9 Å². The minimum Gasteiger partial charge on any atom is -0.507 e. The summed E-state index contributed by atoms with van der Waals surface area (Å²) < 4.78 is 10.7. The number of hydrogen-bond acceptors (Lipinski definition) is 8. The summed E-state index contributed by atoms with van der Waals surface area (Å²) in [6.07, 6.45) is 1.62. The number of methoxy groups -OCH3 is 1. The van der Waals surface area contributed by atoms with Gasteiger partial charge in [0.15, 0.2) is 10.9 Å². The standard InChI is InChI=1S/C27H24N2O6S/c1-5-14-35-20-12-6-17(7-13-20)22-21(23(31)18-8-10-19(34-4)11-9-18)24(32)26(33)29(22)27-28-15(2)25(36-27)16(3)30/h5-13,22,31H,1,14H2,2-4H3. The molecule has 1 amide bonds. The monoisotopic (exact) mass is 504 g/mol. The molecule has 0 saturated carbocycles. The van der Waals surface area contributed by atoms with Crippen LogP contribution in [0.2, 0.25) is 0 Å². The van der Waals surface area contributed by atoms with E-state index < -0.39 is 17.7 Å². The van der Waals surface area contributed by atoms with E-state index in [0.29, 0.717) is 39.8 Å².